The number of hydrogen-bond acceptors (Lipinski definition) is 2. The van der Waals surface area contributed by atoms with Gasteiger partial charge in [0.1, 0.15) is 11.6 Å². The molecule has 0 saturated carbocycles. The summed E-state index contributed by atoms with van der Waals surface area (Å²) in [7, 11) is 0. The molecule has 3 aromatic rings. The maximum Gasteiger partial charge on any atom is 0.416 e. The number of halogens is 5. The van der Waals surface area contributed by atoms with E-state index in [2.05, 4.69) is 10.4 Å². The molecule has 9 heteroatoms. The number of carbonyl (C=O) groups excluding carboxylic acids is 1. The van der Waals surface area contributed by atoms with Crippen molar-refractivity contribution in [2.45, 2.75) is 6.18 Å². The molecule has 0 unspecified atom stereocenters. The fourth-order valence-corrected chi connectivity index (χ4v) is 2.19. The van der Waals surface area contributed by atoms with Crippen LogP contribution in [0.5, 0.6) is 0 Å². The van der Waals surface area contributed by atoms with Crippen molar-refractivity contribution in [2.75, 3.05) is 5.32 Å². The molecule has 26 heavy (non-hydrogen) atoms. The molecule has 0 aliphatic heterocycles. The Bertz CT molecular complexity index is 965. The molecule has 0 aliphatic rings. The van der Waals surface area contributed by atoms with E-state index >= 15 is 0 Å². The third-order valence-corrected chi connectivity index (χ3v) is 3.44. The quantitative estimate of drug-likeness (QED) is 0.697. The van der Waals surface area contributed by atoms with E-state index in [1.165, 1.54) is 35.1 Å². The zero-order valence-corrected chi connectivity index (χ0v) is 12.9. The second-order valence-electron chi connectivity index (χ2n) is 5.27. The summed E-state index contributed by atoms with van der Waals surface area (Å²) in [5.74, 6) is -2.43. The first-order valence-electron chi connectivity index (χ1n) is 7.24. The molecule has 1 aromatic heterocycles. The summed E-state index contributed by atoms with van der Waals surface area (Å²) < 4.78 is 66.2. The summed E-state index contributed by atoms with van der Waals surface area (Å²) in [6.45, 7) is 0. The highest BCUT2D eigenvalue weighted by Crippen LogP contribution is 2.31. The van der Waals surface area contributed by atoms with Gasteiger partial charge in [-0.2, -0.15) is 18.3 Å². The van der Waals surface area contributed by atoms with Crippen LogP contribution in [0.25, 0.3) is 5.69 Å². The number of anilines is 1. The topological polar surface area (TPSA) is 46.9 Å². The van der Waals surface area contributed by atoms with E-state index in [0.717, 1.165) is 0 Å². The fourth-order valence-electron chi connectivity index (χ4n) is 2.19. The first-order valence-corrected chi connectivity index (χ1v) is 7.24. The monoisotopic (exact) mass is 367 g/mol. The molecule has 0 spiro atoms. The Balaban J connectivity index is 1.83. The molecular weight excluding hydrogens is 357 g/mol. The molecule has 2 aromatic carbocycles. The Labute approximate surface area is 143 Å². The van der Waals surface area contributed by atoms with Crippen molar-refractivity contribution in [3.8, 4) is 5.69 Å². The normalized spacial score (nSPS) is 11.4. The van der Waals surface area contributed by atoms with Crippen LogP contribution >= 0.6 is 0 Å². The van der Waals surface area contributed by atoms with Crippen LogP contribution < -0.4 is 5.32 Å². The molecule has 0 atom stereocenters. The number of nitrogens with one attached hydrogen (secondary N) is 1. The number of carbonyl (C=O) groups is 1. The summed E-state index contributed by atoms with van der Waals surface area (Å²) in [4.78, 5) is 12.1. The average molecular weight is 367 g/mol. The lowest BCUT2D eigenvalue weighted by atomic mass is 10.2. The van der Waals surface area contributed by atoms with Crippen LogP contribution in [0.3, 0.4) is 0 Å². The maximum absolute atomic E-state index is 13.7. The summed E-state index contributed by atoms with van der Waals surface area (Å²) in [5, 5.41) is 5.96. The van der Waals surface area contributed by atoms with Crippen LogP contribution in [0.1, 0.15) is 16.1 Å². The maximum atomic E-state index is 13.7. The van der Waals surface area contributed by atoms with E-state index < -0.39 is 35.0 Å². The Morgan fingerprint density at radius 1 is 1.04 bits per heavy atom. The molecule has 1 heterocycles. The smallest absolute Gasteiger partial charge is 0.318 e. The number of aromatic nitrogens is 2. The van der Waals surface area contributed by atoms with Gasteiger partial charge in [0.2, 0.25) is 0 Å². The second-order valence-corrected chi connectivity index (χ2v) is 5.27. The van der Waals surface area contributed by atoms with Crippen molar-refractivity contribution < 1.29 is 26.7 Å². The van der Waals surface area contributed by atoms with Gasteiger partial charge in [-0.1, -0.05) is 6.07 Å². The van der Waals surface area contributed by atoms with E-state index in [-0.39, 0.29) is 5.69 Å². The zero-order chi connectivity index (χ0) is 18.9. The first-order chi connectivity index (χ1) is 12.2. The van der Waals surface area contributed by atoms with Crippen molar-refractivity contribution >= 4 is 11.6 Å². The van der Waals surface area contributed by atoms with Crippen LogP contribution in [-0.4, -0.2) is 15.7 Å². The highest BCUT2D eigenvalue weighted by molar-refractivity contribution is 6.02. The van der Waals surface area contributed by atoms with Gasteiger partial charge in [0.25, 0.3) is 5.91 Å². The third kappa shape index (κ3) is 3.71. The highest BCUT2D eigenvalue weighted by Gasteiger charge is 2.31. The number of hydrogen-bond donors (Lipinski definition) is 1. The minimum Gasteiger partial charge on any atom is -0.318 e. The summed E-state index contributed by atoms with van der Waals surface area (Å²) in [5.41, 5.74) is -1.55. The van der Waals surface area contributed by atoms with Gasteiger partial charge < -0.3 is 5.32 Å². The molecule has 3 rings (SSSR count). The Hall–Kier alpha value is -3.23. The largest absolute Gasteiger partial charge is 0.416 e. The molecule has 0 fully saturated rings. The SMILES string of the molecule is O=C(Nc1cc(C(F)(F)F)ccc1F)c1ccn(-c2cccc(F)c2)n1. The van der Waals surface area contributed by atoms with Crippen molar-refractivity contribution in [3.63, 3.8) is 0 Å². The van der Waals surface area contributed by atoms with Crippen molar-refractivity contribution in [1.82, 2.24) is 9.78 Å². The number of alkyl halides is 3. The lowest BCUT2D eigenvalue weighted by Gasteiger charge is -2.10. The van der Waals surface area contributed by atoms with Crippen molar-refractivity contribution in [1.29, 1.82) is 0 Å². The van der Waals surface area contributed by atoms with Gasteiger partial charge in [0.15, 0.2) is 5.69 Å². The number of rotatable bonds is 3. The Kier molecular flexibility index (Phi) is 4.45. The average Bonchev–Trinajstić information content (AvgIpc) is 3.06. The van der Waals surface area contributed by atoms with Crippen molar-refractivity contribution in [2.24, 2.45) is 0 Å². The molecule has 0 bridgehead atoms. The molecule has 0 aliphatic carbocycles. The van der Waals surface area contributed by atoms with Gasteiger partial charge in [-0.05, 0) is 42.5 Å². The standard InChI is InChI=1S/C17H10F5N3O/c18-11-2-1-3-12(9-11)25-7-6-14(24-25)16(26)23-15-8-10(17(20,21)22)4-5-13(15)19/h1-9H,(H,23,26). The van der Waals surface area contributed by atoms with E-state index in [9.17, 15) is 26.7 Å². The fraction of sp³-hybridized carbons (Fsp3) is 0.0588. The molecule has 0 radical (unpaired) electrons. The predicted octanol–water partition coefficient (Wildman–Crippen LogP) is 4.42. The molecular formula is C17H10F5N3O. The van der Waals surface area contributed by atoms with Gasteiger partial charge in [0, 0.05) is 6.20 Å². The van der Waals surface area contributed by atoms with Crippen LogP contribution in [0.2, 0.25) is 0 Å². The van der Waals surface area contributed by atoms with Gasteiger partial charge >= 0.3 is 6.18 Å². The number of nitrogens with zero attached hydrogens (tertiary/aromatic N) is 2. The zero-order valence-electron chi connectivity index (χ0n) is 12.9. The van der Waals surface area contributed by atoms with Gasteiger partial charge in [-0.3, -0.25) is 4.79 Å². The van der Waals surface area contributed by atoms with E-state index in [0.29, 0.717) is 23.9 Å². The second kappa shape index (κ2) is 6.58. The van der Waals surface area contributed by atoms with Crippen LogP contribution in [0.15, 0.2) is 54.7 Å². The van der Waals surface area contributed by atoms with Gasteiger partial charge in [-0.25, -0.2) is 13.5 Å². The summed E-state index contributed by atoms with van der Waals surface area (Å²) in [6.07, 6.45) is -3.31. The number of amides is 1. The molecule has 134 valence electrons. The highest BCUT2D eigenvalue weighted by atomic mass is 19.4. The van der Waals surface area contributed by atoms with E-state index in [1.54, 1.807) is 6.07 Å². The Morgan fingerprint density at radius 3 is 2.50 bits per heavy atom. The summed E-state index contributed by atoms with van der Waals surface area (Å²) in [6, 6.07) is 8.36. The minimum absolute atomic E-state index is 0.175. The molecule has 0 saturated heterocycles. The van der Waals surface area contributed by atoms with Gasteiger partial charge in [0.05, 0.1) is 16.9 Å². The van der Waals surface area contributed by atoms with Crippen LogP contribution in [0.4, 0.5) is 27.6 Å². The summed E-state index contributed by atoms with van der Waals surface area (Å²) >= 11 is 0. The molecule has 1 amide bonds. The first kappa shape index (κ1) is 17.6. The van der Waals surface area contributed by atoms with Crippen LogP contribution in [0, 0.1) is 11.6 Å². The Morgan fingerprint density at radius 2 is 1.81 bits per heavy atom. The lowest BCUT2D eigenvalue weighted by Crippen LogP contribution is -2.15. The molecule has 1 N–H and O–H groups in total. The minimum atomic E-state index is -4.67. The van der Waals surface area contributed by atoms with Crippen LogP contribution in [-0.2, 0) is 6.18 Å². The lowest BCUT2D eigenvalue weighted by molar-refractivity contribution is -0.137. The van der Waals surface area contributed by atoms with Gasteiger partial charge in [-0.15, -0.1) is 0 Å². The predicted molar refractivity (Wildman–Crippen MR) is 82.9 cm³/mol. The van der Waals surface area contributed by atoms with Crippen molar-refractivity contribution in [3.05, 3.63) is 77.6 Å². The van der Waals surface area contributed by atoms with E-state index in [4.69, 9.17) is 0 Å². The number of benzene rings is 2. The molecule has 4 nitrogen and oxygen atoms in total. The third-order valence-electron chi connectivity index (χ3n) is 3.44. The van der Waals surface area contributed by atoms with E-state index in [1.807, 2.05) is 0 Å².